The average Bonchev–Trinajstić information content (AvgIpc) is 3.89. The third kappa shape index (κ3) is 4.16. The number of fused-ring (bicyclic) bond motifs is 16. The normalized spacial score (nSPS) is 13.9. The van der Waals surface area contributed by atoms with Crippen molar-refractivity contribution >= 4 is 124 Å². The summed E-state index contributed by atoms with van der Waals surface area (Å²) in [6.45, 7) is -0.270. The second-order valence-electron chi connectivity index (χ2n) is 16.7. The van der Waals surface area contributed by atoms with Crippen LogP contribution in [0.5, 0.6) is 23.0 Å². The number of hydrogen-bond acceptors (Lipinski definition) is 6. The van der Waals surface area contributed by atoms with E-state index in [1.165, 1.54) is 10.9 Å². The van der Waals surface area contributed by atoms with Crippen LogP contribution in [-0.4, -0.2) is 13.4 Å². The molecule has 62 heavy (non-hydrogen) atoms. The number of hydrogen-bond donors (Lipinski definition) is 0. The van der Waals surface area contributed by atoms with Crippen molar-refractivity contribution in [3.05, 3.63) is 182 Å². The molecule has 0 aliphatic carbocycles. The standard InChI is InChI=1S/C54H30B2N2O4/c1-3-15-31(16-4-1)57-39-23-11-9-21-35(39)55-38-27-37-44(29-45(38)62-54-50-34-20-8-14-26-43(34)59-46(50)28-41(57)51(54)55)61-48-30-47-49(33-19-7-13-25-42(33)60-47)53-52(48)56(37)36-22-10-12-24-40(36)58(53)32-17-5-2-6-18-32/h1-30H. The van der Waals surface area contributed by atoms with Gasteiger partial charge < -0.3 is 28.1 Å². The first kappa shape index (κ1) is 32.7. The molecule has 6 nitrogen and oxygen atoms in total. The molecule has 2 aromatic heterocycles. The second-order valence-corrected chi connectivity index (χ2v) is 16.7. The fourth-order valence-electron chi connectivity index (χ4n) is 11.1. The van der Waals surface area contributed by atoms with E-state index in [1.807, 2.05) is 18.2 Å². The Morgan fingerprint density at radius 1 is 0.355 bits per heavy atom. The highest BCUT2D eigenvalue weighted by molar-refractivity contribution is 7.02. The maximum absolute atomic E-state index is 7.32. The lowest BCUT2D eigenvalue weighted by Crippen LogP contribution is -2.63. The summed E-state index contributed by atoms with van der Waals surface area (Å²) in [7, 11) is 0. The molecule has 4 aliphatic heterocycles. The van der Waals surface area contributed by atoms with Crippen LogP contribution in [0.2, 0.25) is 0 Å². The maximum Gasteiger partial charge on any atom is 0.256 e. The Balaban J connectivity index is 1.03. The van der Waals surface area contributed by atoms with E-state index in [1.54, 1.807) is 0 Å². The molecule has 0 N–H and O–H groups in total. The van der Waals surface area contributed by atoms with Crippen LogP contribution in [-0.2, 0) is 0 Å². The van der Waals surface area contributed by atoms with E-state index in [9.17, 15) is 0 Å². The molecule has 11 aromatic rings. The molecule has 0 unspecified atom stereocenters. The Bertz CT molecular complexity index is 3730. The van der Waals surface area contributed by atoms with Gasteiger partial charge in [-0.1, -0.05) is 115 Å². The first-order valence-corrected chi connectivity index (χ1v) is 21.1. The highest BCUT2D eigenvalue weighted by Crippen LogP contribution is 2.50. The monoisotopic (exact) mass is 792 g/mol. The van der Waals surface area contributed by atoms with E-state index in [-0.39, 0.29) is 13.4 Å². The van der Waals surface area contributed by atoms with Crippen molar-refractivity contribution in [2.75, 3.05) is 9.80 Å². The zero-order valence-electron chi connectivity index (χ0n) is 33.0. The molecule has 286 valence electrons. The quantitative estimate of drug-likeness (QED) is 0.163. The molecule has 0 spiro atoms. The van der Waals surface area contributed by atoms with Gasteiger partial charge in [0.05, 0.1) is 16.5 Å². The van der Waals surface area contributed by atoms with Crippen molar-refractivity contribution in [2.24, 2.45) is 0 Å². The van der Waals surface area contributed by atoms with Gasteiger partial charge in [0.2, 0.25) is 0 Å². The summed E-state index contributed by atoms with van der Waals surface area (Å²) in [5.41, 5.74) is 16.7. The summed E-state index contributed by atoms with van der Waals surface area (Å²) in [5.74, 6) is 3.15. The molecule has 0 radical (unpaired) electrons. The van der Waals surface area contributed by atoms with Crippen molar-refractivity contribution < 1.29 is 18.3 Å². The molecule has 0 atom stereocenters. The Kier molecular flexibility index (Phi) is 6.23. The lowest BCUT2D eigenvalue weighted by Gasteiger charge is -2.42. The van der Waals surface area contributed by atoms with Crippen molar-refractivity contribution in [2.45, 2.75) is 0 Å². The SMILES string of the molecule is c1ccc(N2c3ccccc3B3c4cc5c(cc4Oc4c3c2cc2oc3ccccc3c42)Oc2cc3oc4ccccc4c3c3c2B5c2ccccc2N3c2ccccc2)cc1. The minimum absolute atomic E-state index is 0.135. The van der Waals surface area contributed by atoms with Crippen molar-refractivity contribution in [3.8, 4) is 23.0 Å². The van der Waals surface area contributed by atoms with Gasteiger partial charge in [-0.15, -0.1) is 0 Å². The number of benzene rings is 9. The number of furan rings is 2. The Morgan fingerprint density at radius 3 is 1.58 bits per heavy atom. The van der Waals surface area contributed by atoms with Crippen molar-refractivity contribution in [3.63, 3.8) is 0 Å². The van der Waals surface area contributed by atoms with Crippen LogP contribution >= 0.6 is 0 Å². The van der Waals surface area contributed by atoms with E-state index in [4.69, 9.17) is 18.3 Å². The molecule has 6 heterocycles. The van der Waals surface area contributed by atoms with Gasteiger partial charge in [0.25, 0.3) is 13.4 Å². The predicted octanol–water partition coefficient (Wildman–Crippen LogP) is 10.3. The smallest absolute Gasteiger partial charge is 0.256 e. The van der Waals surface area contributed by atoms with Crippen LogP contribution in [0.15, 0.2) is 191 Å². The first-order chi connectivity index (χ1) is 30.8. The molecular formula is C54H30B2N2O4. The largest absolute Gasteiger partial charge is 0.458 e. The Morgan fingerprint density at radius 2 is 0.887 bits per heavy atom. The highest BCUT2D eigenvalue weighted by atomic mass is 16.5. The van der Waals surface area contributed by atoms with E-state index in [0.717, 1.165) is 123 Å². The number of rotatable bonds is 2. The molecule has 0 saturated heterocycles. The number of anilines is 6. The van der Waals surface area contributed by atoms with E-state index in [0.29, 0.717) is 0 Å². The number of para-hydroxylation sites is 6. The van der Waals surface area contributed by atoms with Gasteiger partial charge in [-0.3, -0.25) is 0 Å². The predicted molar refractivity (Wildman–Crippen MR) is 253 cm³/mol. The molecule has 0 amide bonds. The van der Waals surface area contributed by atoms with Crippen molar-refractivity contribution in [1.29, 1.82) is 0 Å². The minimum atomic E-state index is -0.135. The molecular weight excluding hydrogens is 762 g/mol. The van der Waals surface area contributed by atoms with Gasteiger partial charge in [-0.2, -0.15) is 0 Å². The summed E-state index contributed by atoms with van der Waals surface area (Å²) in [4.78, 5) is 4.77. The second kappa shape index (κ2) is 11.8. The highest BCUT2D eigenvalue weighted by Gasteiger charge is 2.48. The third-order valence-electron chi connectivity index (χ3n) is 13.5. The van der Waals surface area contributed by atoms with Gasteiger partial charge >= 0.3 is 0 Å². The lowest BCUT2D eigenvalue weighted by molar-refractivity contribution is 0.468. The van der Waals surface area contributed by atoms with Gasteiger partial charge in [0, 0.05) is 57.4 Å². The third-order valence-corrected chi connectivity index (χ3v) is 13.5. The molecule has 0 fully saturated rings. The topological polar surface area (TPSA) is 51.2 Å². The summed E-state index contributed by atoms with van der Waals surface area (Å²) in [5, 5.41) is 4.16. The van der Waals surface area contributed by atoms with E-state index < -0.39 is 0 Å². The van der Waals surface area contributed by atoms with Gasteiger partial charge in [0.15, 0.2) is 0 Å². The molecule has 0 bridgehead atoms. The maximum atomic E-state index is 7.32. The minimum Gasteiger partial charge on any atom is -0.458 e. The summed E-state index contributed by atoms with van der Waals surface area (Å²) < 4.78 is 27.8. The van der Waals surface area contributed by atoms with Crippen LogP contribution in [0.25, 0.3) is 43.9 Å². The zero-order valence-corrected chi connectivity index (χ0v) is 33.0. The summed E-state index contributed by atoms with van der Waals surface area (Å²) >= 11 is 0. The van der Waals surface area contributed by atoms with Crippen LogP contribution in [0.3, 0.4) is 0 Å². The van der Waals surface area contributed by atoms with Crippen LogP contribution in [0.1, 0.15) is 0 Å². The van der Waals surface area contributed by atoms with Crippen LogP contribution in [0, 0.1) is 0 Å². The fraction of sp³-hybridized carbons (Fsp3) is 0. The Labute approximate surface area is 355 Å². The molecule has 15 rings (SSSR count). The zero-order chi connectivity index (χ0) is 40.2. The summed E-state index contributed by atoms with van der Waals surface area (Å²) in [6.07, 6.45) is 0. The Hall–Kier alpha value is -8.09. The first-order valence-electron chi connectivity index (χ1n) is 21.1. The van der Waals surface area contributed by atoms with Gasteiger partial charge in [-0.25, -0.2) is 0 Å². The summed E-state index contributed by atoms with van der Waals surface area (Å²) in [6, 6.07) is 64.4. The van der Waals surface area contributed by atoms with Crippen molar-refractivity contribution in [1.82, 2.24) is 0 Å². The molecule has 9 aromatic carbocycles. The van der Waals surface area contributed by atoms with Gasteiger partial charge in [-0.05, 0) is 81.3 Å². The molecule has 4 aliphatic rings. The number of nitrogens with zero attached hydrogens (tertiary/aromatic N) is 2. The number of ether oxygens (including phenoxy) is 2. The lowest BCUT2D eigenvalue weighted by atomic mass is 9.31. The molecule has 0 saturated carbocycles. The average molecular weight is 792 g/mol. The van der Waals surface area contributed by atoms with Gasteiger partial charge in [0.1, 0.15) is 45.3 Å². The van der Waals surface area contributed by atoms with E-state index in [2.05, 4.69) is 174 Å². The fourth-order valence-corrected chi connectivity index (χ4v) is 11.1. The van der Waals surface area contributed by atoms with Crippen LogP contribution in [0.4, 0.5) is 34.1 Å². The van der Waals surface area contributed by atoms with Crippen LogP contribution < -0.4 is 52.1 Å². The molecule has 8 heteroatoms. The van der Waals surface area contributed by atoms with E-state index >= 15 is 0 Å².